The first-order valence-electron chi connectivity index (χ1n) is 7.53. The molecule has 0 spiro atoms. The number of hydrogen-bond acceptors (Lipinski definition) is 3. The van der Waals surface area contributed by atoms with E-state index in [1.54, 1.807) is 0 Å². The minimum atomic E-state index is 0.483. The zero-order chi connectivity index (χ0) is 13.9. The summed E-state index contributed by atoms with van der Waals surface area (Å²) in [4.78, 5) is 5.87. The SMILES string of the molecule is CCc1cnc(CNC2CCC(C)c3ccccc32)s1. The van der Waals surface area contributed by atoms with Crippen LogP contribution >= 0.6 is 11.3 Å². The maximum absolute atomic E-state index is 4.50. The first-order valence-corrected chi connectivity index (χ1v) is 8.35. The van der Waals surface area contributed by atoms with Crippen LogP contribution in [0.15, 0.2) is 30.5 Å². The predicted molar refractivity (Wildman–Crippen MR) is 85.2 cm³/mol. The van der Waals surface area contributed by atoms with Crippen LogP contribution in [0.4, 0.5) is 0 Å². The Balaban J connectivity index is 1.70. The van der Waals surface area contributed by atoms with Crippen molar-refractivity contribution in [2.45, 2.75) is 51.6 Å². The molecule has 1 aliphatic carbocycles. The molecular formula is C17H22N2S. The average molecular weight is 286 g/mol. The lowest BCUT2D eigenvalue weighted by atomic mass is 9.81. The van der Waals surface area contributed by atoms with E-state index in [9.17, 15) is 0 Å². The molecular weight excluding hydrogens is 264 g/mol. The summed E-state index contributed by atoms with van der Waals surface area (Å²) in [5.41, 5.74) is 3.00. The van der Waals surface area contributed by atoms with Crippen molar-refractivity contribution in [2.24, 2.45) is 0 Å². The lowest BCUT2D eigenvalue weighted by Crippen LogP contribution is -2.25. The van der Waals surface area contributed by atoms with E-state index in [1.807, 2.05) is 17.5 Å². The molecule has 0 aliphatic heterocycles. The Kier molecular flexibility index (Phi) is 4.18. The van der Waals surface area contributed by atoms with Crippen molar-refractivity contribution < 1.29 is 0 Å². The van der Waals surface area contributed by atoms with Gasteiger partial charge in [-0.25, -0.2) is 4.98 Å². The zero-order valence-corrected chi connectivity index (χ0v) is 13.0. The Hall–Kier alpha value is -1.19. The monoisotopic (exact) mass is 286 g/mol. The zero-order valence-electron chi connectivity index (χ0n) is 12.2. The molecule has 2 aromatic rings. The summed E-state index contributed by atoms with van der Waals surface area (Å²) in [6, 6.07) is 9.36. The van der Waals surface area contributed by atoms with Gasteiger partial charge in [0.15, 0.2) is 0 Å². The third kappa shape index (κ3) is 2.79. The van der Waals surface area contributed by atoms with E-state index < -0.39 is 0 Å². The number of hydrogen-bond donors (Lipinski definition) is 1. The molecule has 20 heavy (non-hydrogen) atoms. The van der Waals surface area contributed by atoms with Gasteiger partial charge < -0.3 is 5.32 Å². The van der Waals surface area contributed by atoms with Crippen molar-refractivity contribution in [1.82, 2.24) is 10.3 Å². The Morgan fingerprint density at radius 1 is 1.25 bits per heavy atom. The van der Waals surface area contributed by atoms with Gasteiger partial charge in [0.1, 0.15) is 5.01 Å². The summed E-state index contributed by atoms with van der Waals surface area (Å²) in [5, 5.41) is 4.91. The van der Waals surface area contributed by atoms with Crippen LogP contribution in [0.1, 0.15) is 59.7 Å². The third-order valence-corrected chi connectivity index (χ3v) is 5.38. The fourth-order valence-corrected chi connectivity index (χ4v) is 3.83. The Morgan fingerprint density at radius 3 is 2.80 bits per heavy atom. The van der Waals surface area contributed by atoms with Crippen LogP contribution in [0.5, 0.6) is 0 Å². The van der Waals surface area contributed by atoms with Gasteiger partial charge in [0.2, 0.25) is 0 Å². The summed E-state index contributed by atoms with van der Waals surface area (Å²) < 4.78 is 0. The summed E-state index contributed by atoms with van der Waals surface area (Å²) >= 11 is 1.83. The normalized spacial score (nSPS) is 21.7. The maximum Gasteiger partial charge on any atom is 0.107 e. The Labute approximate surface area is 125 Å². The molecule has 106 valence electrons. The van der Waals surface area contributed by atoms with E-state index >= 15 is 0 Å². The second-order valence-corrected chi connectivity index (χ2v) is 6.81. The summed E-state index contributed by atoms with van der Waals surface area (Å²) in [6.07, 6.45) is 5.59. The van der Waals surface area contributed by atoms with Gasteiger partial charge in [-0.1, -0.05) is 38.1 Å². The summed E-state index contributed by atoms with van der Waals surface area (Å²) in [5.74, 6) is 0.691. The molecule has 1 aromatic heterocycles. The van der Waals surface area contributed by atoms with E-state index in [1.165, 1.54) is 33.9 Å². The number of thiazole rings is 1. The fraction of sp³-hybridized carbons (Fsp3) is 0.471. The van der Waals surface area contributed by atoms with Crippen molar-refractivity contribution in [2.75, 3.05) is 0 Å². The molecule has 0 saturated carbocycles. The lowest BCUT2D eigenvalue weighted by Gasteiger charge is -2.30. The van der Waals surface area contributed by atoms with E-state index in [0.29, 0.717) is 12.0 Å². The molecule has 0 radical (unpaired) electrons. The second kappa shape index (κ2) is 6.06. The van der Waals surface area contributed by atoms with Crippen LogP contribution in [0.2, 0.25) is 0 Å². The van der Waals surface area contributed by atoms with Crippen molar-refractivity contribution in [3.8, 4) is 0 Å². The lowest BCUT2D eigenvalue weighted by molar-refractivity contribution is 0.431. The minimum Gasteiger partial charge on any atom is -0.304 e. The first kappa shape index (κ1) is 13.8. The van der Waals surface area contributed by atoms with Crippen molar-refractivity contribution in [3.05, 3.63) is 51.5 Å². The number of rotatable bonds is 4. The highest BCUT2D eigenvalue weighted by Crippen LogP contribution is 2.37. The number of benzene rings is 1. The highest BCUT2D eigenvalue weighted by molar-refractivity contribution is 7.11. The second-order valence-electron chi connectivity index (χ2n) is 5.61. The van der Waals surface area contributed by atoms with Gasteiger partial charge in [-0.05, 0) is 36.3 Å². The van der Waals surface area contributed by atoms with Crippen molar-refractivity contribution in [1.29, 1.82) is 0 Å². The maximum atomic E-state index is 4.50. The van der Waals surface area contributed by atoms with Crippen LogP contribution in [0, 0.1) is 0 Å². The molecule has 1 heterocycles. The predicted octanol–water partition coefficient (Wildman–Crippen LogP) is 4.43. The van der Waals surface area contributed by atoms with Crippen molar-refractivity contribution >= 4 is 11.3 Å². The van der Waals surface area contributed by atoms with Crippen LogP contribution < -0.4 is 5.32 Å². The van der Waals surface area contributed by atoms with Gasteiger partial charge in [0, 0.05) is 23.7 Å². The van der Waals surface area contributed by atoms with Crippen LogP contribution in [-0.4, -0.2) is 4.98 Å². The van der Waals surface area contributed by atoms with Crippen LogP contribution in [0.3, 0.4) is 0 Å². The van der Waals surface area contributed by atoms with Gasteiger partial charge in [-0.2, -0.15) is 0 Å². The van der Waals surface area contributed by atoms with Crippen LogP contribution in [0.25, 0.3) is 0 Å². The third-order valence-electron chi connectivity index (χ3n) is 4.24. The molecule has 0 amide bonds. The van der Waals surface area contributed by atoms with E-state index in [2.05, 4.69) is 48.4 Å². The van der Waals surface area contributed by atoms with Gasteiger partial charge in [-0.3, -0.25) is 0 Å². The molecule has 2 unspecified atom stereocenters. The quantitative estimate of drug-likeness (QED) is 0.899. The molecule has 1 aromatic carbocycles. The van der Waals surface area contributed by atoms with Gasteiger partial charge in [0.25, 0.3) is 0 Å². The molecule has 0 fully saturated rings. The van der Waals surface area contributed by atoms with Gasteiger partial charge >= 0.3 is 0 Å². The number of nitrogens with zero attached hydrogens (tertiary/aromatic N) is 1. The Bertz CT molecular complexity index is 576. The highest BCUT2D eigenvalue weighted by atomic mass is 32.1. The van der Waals surface area contributed by atoms with Crippen molar-refractivity contribution in [3.63, 3.8) is 0 Å². The van der Waals surface area contributed by atoms with Crippen LogP contribution in [-0.2, 0) is 13.0 Å². The molecule has 3 heteroatoms. The molecule has 0 bridgehead atoms. The standard InChI is InChI=1S/C17H22N2S/c1-3-13-10-19-17(20-13)11-18-16-9-8-12(2)14-6-4-5-7-15(14)16/h4-7,10,12,16,18H,3,8-9,11H2,1-2H3. The number of aryl methyl sites for hydroxylation is 1. The van der Waals surface area contributed by atoms with E-state index in [-0.39, 0.29) is 0 Å². The summed E-state index contributed by atoms with van der Waals surface area (Å²) in [7, 11) is 0. The largest absolute Gasteiger partial charge is 0.304 e. The minimum absolute atomic E-state index is 0.483. The number of fused-ring (bicyclic) bond motifs is 1. The number of nitrogens with one attached hydrogen (secondary N) is 1. The molecule has 1 aliphatic rings. The van der Waals surface area contributed by atoms with E-state index in [4.69, 9.17) is 0 Å². The smallest absolute Gasteiger partial charge is 0.107 e. The fourth-order valence-electron chi connectivity index (χ4n) is 3.02. The average Bonchev–Trinajstić information content (AvgIpc) is 2.95. The van der Waals surface area contributed by atoms with Gasteiger partial charge in [0.05, 0.1) is 0 Å². The first-order chi connectivity index (χ1) is 9.78. The Morgan fingerprint density at radius 2 is 2.05 bits per heavy atom. The van der Waals surface area contributed by atoms with Gasteiger partial charge in [-0.15, -0.1) is 11.3 Å². The highest BCUT2D eigenvalue weighted by Gasteiger charge is 2.23. The molecule has 0 saturated heterocycles. The number of aromatic nitrogens is 1. The molecule has 3 rings (SSSR count). The molecule has 1 N–H and O–H groups in total. The summed E-state index contributed by atoms with van der Waals surface area (Å²) in [6.45, 7) is 5.41. The topological polar surface area (TPSA) is 24.9 Å². The molecule has 2 nitrogen and oxygen atoms in total. The molecule has 2 atom stereocenters. The van der Waals surface area contributed by atoms with E-state index in [0.717, 1.165) is 13.0 Å².